The van der Waals surface area contributed by atoms with Gasteiger partial charge in [-0.3, -0.25) is 14.5 Å². The quantitative estimate of drug-likeness (QED) is 0.754. The summed E-state index contributed by atoms with van der Waals surface area (Å²) in [5.41, 5.74) is 2.41. The molecule has 0 atom stereocenters. The van der Waals surface area contributed by atoms with E-state index in [9.17, 15) is 9.59 Å². The van der Waals surface area contributed by atoms with Crippen LogP contribution >= 0.6 is 11.8 Å². The SMILES string of the molecule is CCN(CC(=O)O)C1CCN(C(=O)CSc2cc(C)ccc2C)CC1. The van der Waals surface area contributed by atoms with Crippen molar-refractivity contribution in [1.29, 1.82) is 0 Å². The topological polar surface area (TPSA) is 60.9 Å². The molecule has 0 aromatic heterocycles. The molecule has 138 valence electrons. The fourth-order valence-electron chi connectivity index (χ4n) is 3.25. The number of piperidine rings is 1. The normalized spacial score (nSPS) is 15.6. The number of likely N-dealkylation sites (tertiary alicyclic amines) is 1. The van der Waals surface area contributed by atoms with E-state index in [4.69, 9.17) is 5.11 Å². The van der Waals surface area contributed by atoms with Crippen molar-refractivity contribution in [3.8, 4) is 0 Å². The molecule has 0 radical (unpaired) electrons. The number of nitrogens with zero attached hydrogens (tertiary/aromatic N) is 2. The number of aryl methyl sites for hydroxylation is 2. The van der Waals surface area contributed by atoms with Crippen LogP contribution < -0.4 is 0 Å². The lowest BCUT2D eigenvalue weighted by Crippen LogP contribution is -2.48. The van der Waals surface area contributed by atoms with Gasteiger partial charge in [-0.15, -0.1) is 11.8 Å². The van der Waals surface area contributed by atoms with Gasteiger partial charge in [-0.1, -0.05) is 24.6 Å². The average Bonchev–Trinajstić information content (AvgIpc) is 2.60. The van der Waals surface area contributed by atoms with E-state index in [2.05, 4.69) is 32.0 Å². The molecule has 1 N–H and O–H groups in total. The summed E-state index contributed by atoms with van der Waals surface area (Å²) in [7, 11) is 0. The summed E-state index contributed by atoms with van der Waals surface area (Å²) < 4.78 is 0. The van der Waals surface area contributed by atoms with Gasteiger partial charge in [0.25, 0.3) is 0 Å². The molecule has 1 fully saturated rings. The molecule has 1 saturated heterocycles. The lowest BCUT2D eigenvalue weighted by Gasteiger charge is -2.37. The predicted molar refractivity (Wildman–Crippen MR) is 101 cm³/mol. The van der Waals surface area contributed by atoms with Crippen molar-refractivity contribution in [3.63, 3.8) is 0 Å². The molecule has 0 spiro atoms. The third kappa shape index (κ3) is 5.75. The summed E-state index contributed by atoms with van der Waals surface area (Å²) in [4.78, 5) is 28.5. The highest BCUT2D eigenvalue weighted by Crippen LogP contribution is 2.25. The van der Waals surface area contributed by atoms with E-state index in [1.807, 2.05) is 16.7 Å². The molecule has 2 rings (SSSR count). The minimum absolute atomic E-state index is 0.0810. The zero-order valence-corrected chi connectivity index (χ0v) is 16.1. The van der Waals surface area contributed by atoms with Crippen molar-refractivity contribution in [2.24, 2.45) is 0 Å². The first-order valence-electron chi connectivity index (χ1n) is 8.84. The first-order chi connectivity index (χ1) is 11.9. The Morgan fingerprint density at radius 2 is 1.96 bits per heavy atom. The highest BCUT2D eigenvalue weighted by molar-refractivity contribution is 8.00. The van der Waals surface area contributed by atoms with Gasteiger partial charge in [0, 0.05) is 24.0 Å². The van der Waals surface area contributed by atoms with E-state index < -0.39 is 5.97 Å². The molecule has 1 aliphatic heterocycles. The molecule has 0 unspecified atom stereocenters. The zero-order valence-electron chi connectivity index (χ0n) is 15.3. The number of thioether (sulfide) groups is 1. The molecule has 1 aliphatic rings. The van der Waals surface area contributed by atoms with Crippen molar-refractivity contribution < 1.29 is 14.7 Å². The molecular weight excluding hydrogens is 336 g/mol. The maximum atomic E-state index is 12.5. The van der Waals surface area contributed by atoms with Crippen molar-refractivity contribution in [1.82, 2.24) is 9.80 Å². The number of likely N-dealkylation sites (N-methyl/N-ethyl adjacent to an activating group) is 1. The Kier molecular flexibility index (Phi) is 7.32. The van der Waals surface area contributed by atoms with Crippen molar-refractivity contribution in [2.45, 2.75) is 44.6 Å². The minimum Gasteiger partial charge on any atom is -0.480 e. The van der Waals surface area contributed by atoms with Gasteiger partial charge in [0.2, 0.25) is 5.91 Å². The molecule has 1 aromatic rings. The third-order valence-electron chi connectivity index (χ3n) is 4.77. The molecule has 0 saturated carbocycles. The number of carboxylic acid groups (broad SMARTS) is 1. The highest BCUT2D eigenvalue weighted by Gasteiger charge is 2.27. The van der Waals surface area contributed by atoms with Gasteiger partial charge in [0.15, 0.2) is 0 Å². The monoisotopic (exact) mass is 364 g/mol. The average molecular weight is 365 g/mol. The minimum atomic E-state index is -0.787. The molecule has 1 heterocycles. The highest BCUT2D eigenvalue weighted by atomic mass is 32.2. The largest absolute Gasteiger partial charge is 0.480 e. The first kappa shape index (κ1) is 19.8. The van der Waals surface area contributed by atoms with E-state index >= 15 is 0 Å². The summed E-state index contributed by atoms with van der Waals surface area (Å²) in [6.45, 7) is 8.36. The van der Waals surface area contributed by atoms with Crippen LogP contribution in [-0.2, 0) is 9.59 Å². The van der Waals surface area contributed by atoms with E-state index in [1.165, 1.54) is 16.0 Å². The number of carbonyl (C=O) groups excluding carboxylic acids is 1. The van der Waals surface area contributed by atoms with Gasteiger partial charge in [-0.25, -0.2) is 0 Å². The fourth-order valence-corrected chi connectivity index (χ4v) is 4.27. The van der Waals surface area contributed by atoms with Crippen LogP contribution in [0.1, 0.15) is 30.9 Å². The molecule has 0 aliphatic carbocycles. The maximum absolute atomic E-state index is 12.5. The van der Waals surface area contributed by atoms with Gasteiger partial charge in [-0.05, 0) is 44.9 Å². The number of hydrogen-bond donors (Lipinski definition) is 1. The van der Waals surface area contributed by atoms with Crippen LogP contribution in [0.15, 0.2) is 23.1 Å². The van der Waals surface area contributed by atoms with Crippen LogP contribution in [0.25, 0.3) is 0 Å². The van der Waals surface area contributed by atoms with Gasteiger partial charge < -0.3 is 10.0 Å². The molecule has 1 amide bonds. The number of carboxylic acids is 1. The number of rotatable bonds is 7. The summed E-state index contributed by atoms with van der Waals surface area (Å²) in [5, 5.41) is 9.00. The van der Waals surface area contributed by atoms with Crippen molar-refractivity contribution >= 4 is 23.6 Å². The number of hydrogen-bond acceptors (Lipinski definition) is 4. The summed E-state index contributed by atoms with van der Waals surface area (Å²) >= 11 is 1.60. The Labute approximate surface area is 154 Å². The van der Waals surface area contributed by atoms with Crippen LogP contribution in [0.5, 0.6) is 0 Å². The van der Waals surface area contributed by atoms with Crippen LogP contribution in [0.4, 0.5) is 0 Å². The van der Waals surface area contributed by atoms with Gasteiger partial charge >= 0.3 is 5.97 Å². The number of benzene rings is 1. The number of carbonyl (C=O) groups is 2. The Bertz CT molecular complexity index is 613. The van der Waals surface area contributed by atoms with Crippen LogP contribution in [0.2, 0.25) is 0 Å². The maximum Gasteiger partial charge on any atom is 0.317 e. The summed E-state index contributed by atoms with van der Waals surface area (Å²) in [5.74, 6) is -0.155. The second-order valence-electron chi connectivity index (χ2n) is 6.63. The molecule has 5 nitrogen and oxygen atoms in total. The smallest absolute Gasteiger partial charge is 0.317 e. The summed E-state index contributed by atoms with van der Waals surface area (Å²) in [6, 6.07) is 6.57. The molecule has 6 heteroatoms. The Hall–Kier alpha value is -1.53. The lowest BCUT2D eigenvalue weighted by molar-refractivity contribution is -0.140. The van der Waals surface area contributed by atoms with Crippen molar-refractivity contribution in [2.75, 3.05) is 31.9 Å². The fraction of sp³-hybridized carbons (Fsp3) is 0.579. The number of amides is 1. The second kappa shape index (κ2) is 9.25. The molecule has 25 heavy (non-hydrogen) atoms. The Balaban J connectivity index is 1.82. The van der Waals surface area contributed by atoms with E-state index in [0.29, 0.717) is 18.8 Å². The molecular formula is C19H28N2O3S. The van der Waals surface area contributed by atoms with Crippen molar-refractivity contribution in [3.05, 3.63) is 29.3 Å². The molecule has 1 aromatic carbocycles. The predicted octanol–water partition coefficient (Wildman–Crippen LogP) is 2.79. The van der Waals surface area contributed by atoms with Gasteiger partial charge in [-0.2, -0.15) is 0 Å². The van der Waals surface area contributed by atoms with Crippen LogP contribution in [0, 0.1) is 13.8 Å². The third-order valence-corrected chi connectivity index (χ3v) is 5.92. The Morgan fingerprint density at radius 3 is 2.56 bits per heavy atom. The van der Waals surface area contributed by atoms with Crippen LogP contribution in [0.3, 0.4) is 0 Å². The molecule has 0 bridgehead atoms. The van der Waals surface area contributed by atoms with Gasteiger partial charge in [0.05, 0.1) is 12.3 Å². The van der Waals surface area contributed by atoms with E-state index in [1.54, 1.807) is 11.8 Å². The van der Waals surface area contributed by atoms with Crippen LogP contribution in [-0.4, -0.2) is 64.8 Å². The first-order valence-corrected chi connectivity index (χ1v) is 9.83. The second-order valence-corrected chi connectivity index (χ2v) is 7.64. The van der Waals surface area contributed by atoms with Gasteiger partial charge in [0.1, 0.15) is 0 Å². The van der Waals surface area contributed by atoms with E-state index in [-0.39, 0.29) is 18.5 Å². The Morgan fingerprint density at radius 1 is 1.28 bits per heavy atom. The van der Waals surface area contributed by atoms with E-state index in [0.717, 1.165) is 19.4 Å². The number of aliphatic carboxylic acids is 1. The summed E-state index contributed by atoms with van der Waals surface area (Å²) in [6.07, 6.45) is 1.70. The zero-order chi connectivity index (χ0) is 18.4. The standard InChI is InChI=1S/C19H28N2O3S/c1-4-20(12-19(23)24)16-7-9-21(10-8-16)18(22)13-25-17-11-14(2)5-6-15(17)3/h5-6,11,16H,4,7-10,12-13H2,1-3H3,(H,23,24). The lowest BCUT2D eigenvalue weighted by atomic mass is 10.0.